The number of aromatic nitrogens is 2. The van der Waals surface area contributed by atoms with Gasteiger partial charge in [-0.15, -0.1) is 0 Å². The van der Waals surface area contributed by atoms with Crippen LogP contribution in [-0.4, -0.2) is 21.9 Å². The van der Waals surface area contributed by atoms with Crippen LogP contribution in [0.25, 0.3) is 5.69 Å². The third-order valence-corrected chi connectivity index (χ3v) is 4.53. The second-order valence-corrected chi connectivity index (χ2v) is 6.64. The summed E-state index contributed by atoms with van der Waals surface area (Å²) >= 11 is 3.34. The zero-order valence-electron chi connectivity index (χ0n) is 14.4. The molecule has 3 rings (SSSR count). The van der Waals surface area contributed by atoms with Gasteiger partial charge in [0.25, 0.3) is 11.5 Å². The smallest absolute Gasteiger partial charge is 0.295 e. The van der Waals surface area contributed by atoms with Crippen LogP contribution in [0.5, 0.6) is 5.75 Å². The number of halogens is 1. The lowest BCUT2D eigenvalue weighted by Crippen LogP contribution is -2.25. The molecule has 1 heterocycles. The van der Waals surface area contributed by atoms with Gasteiger partial charge in [0.1, 0.15) is 11.4 Å². The number of amides is 1. The lowest BCUT2D eigenvalue weighted by Gasteiger charge is -2.07. The number of hydrogen-bond donors (Lipinski definition) is 1. The molecule has 3 aromatic rings. The zero-order valence-corrected chi connectivity index (χ0v) is 16.0. The van der Waals surface area contributed by atoms with Gasteiger partial charge in [0, 0.05) is 11.5 Å². The van der Waals surface area contributed by atoms with E-state index in [4.69, 9.17) is 4.74 Å². The molecule has 0 bridgehead atoms. The fourth-order valence-corrected chi connectivity index (χ4v) is 2.83. The van der Waals surface area contributed by atoms with Crippen LogP contribution < -0.4 is 15.6 Å². The van der Waals surface area contributed by atoms with Crippen LogP contribution in [0, 0.1) is 6.92 Å². The molecular weight excluding hydrogens is 398 g/mol. The molecule has 1 aromatic heterocycles. The fraction of sp³-hybridized carbons (Fsp3) is 0.158. The standard InChI is InChI=1S/C19H18BrN3O3/c1-13-18(19(25)23(22(13)2)15-6-4-3-5-7-15)21-17(24)12-26-16-10-8-14(20)9-11-16/h3-11H,12H2,1-2H3,(H,21,24). The Kier molecular flexibility index (Phi) is 5.27. The van der Waals surface area contributed by atoms with E-state index in [1.165, 1.54) is 4.68 Å². The summed E-state index contributed by atoms with van der Waals surface area (Å²) in [6, 6.07) is 16.4. The Morgan fingerprint density at radius 1 is 1.12 bits per heavy atom. The zero-order chi connectivity index (χ0) is 18.7. The number of rotatable bonds is 5. The van der Waals surface area contributed by atoms with Gasteiger partial charge in [-0.05, 0) is 43.3 Å². The van der Waals surface area contributed by atoms with Crippen LogP contribution in [0.15, 0.2) is 63.9 Å². The van der Waals surface area contributed by atoms with Crippen LogP contribution >= 0.6 is 15.9 Å². The van der Waals surface area contributed by atoms with E-state index < -0.39 is 0 Å². The predicted octanol–water partition coefficient (Wildman–Crippen LogP) is 3.26. The average Bonchev–Trinajstić information content (AvgIpc) is 2.85. The van der Waals surface area contributed by atoms with Crippen molar-refractivity contribution < 1.29 is 9.53 Å². The van der Waals surface area contributed by atoms with Gasteiger partial charge in [-0.25, -0.2) is 4.68 Å². The maximum absolute atomic E-state index is 12.7. The normalized spacial score (nSPS) is 10.6. The first-order valence-corrected chi connectivity index (χ1v) is 8.79. The maximum Gasteiger partial charge on any atom is 0.295 e. The minimum absolute atomic E-state index is 0.180. The lowest BCUT2D eigenvalue weighted by molar-refractivity contribution is -0.118. The van der Waals surface area contributed by atoms with Crippen molar-refractivity contribution in [2.45, 2.75) is 6.92 Å². The molecule has 26 heavy (non-hydrogen) atoms. The number of ether oxygens (including phenoxy) is 1. The molecule has 0 atom stereocenters. The number of para-hydroxylation sites is 1. The molecule has 0 saturated carbocycles. The van der Waals surface area contributed by atoms with E-state index >= 15 is 0 Å². The van der Waals surface area contributed by atoms with Crippen LogP contribution in [0.4, 0.5) is 5.69 Å². The highest BCUT2D eigenvalue weighted by atomic mass is 79.9. The van der Waals surface area contributed by atoms with E-state index in [0.29, 0.717) is 11.4 Å². The topological polar surface area (TPSA) is 65.3 Å². The number of hydrogen-bond acceptors (Lipinski definition) is 3. The molecular formula is C19H18BrN3O3. The van der Waals surface area contributed by atoms with E-state index in [0.717, 1.165) is 10.2 Å². The van der Waals surface area contributed by atoms with Crippen molar-refractivity contribution in [1.29, 1.82) is 0 Å². The molecule has 0 fully saturated rings. The summed E-state index contributed by atoms with van der Waals surface area (Å²) in [6.07, 6.45) is 0. The van der Waals surface area contributed by atoms with E-state index in [2.05, 4.69) is 21.2 Å². The molecule has 0 spiro atoms. The molecule has 0 aliphatic rings. The molecule has 6 nitrogen and oxygen atoms in total. The van der Waals surface area contributed by atoms with Crippen molar-refractivity contribution in [2.75, 3.05) is 11.9 Å². The predicted molar refractivity (Wildman–Crippen MR) is 104 cm³/mol. The SMILES string of the molecule is Cc1c(NC(=O)COc2ccc(Br)cc2)c(=O)n(-c2ccccc2)n1C. The van der Waals surface area contributed by atoms with Crippen LogP contribution in [0.3, 0.4) is 0 Å². The number of carbonyl (C=O) groups is 1. The average molecular weight is 416 g/mol. The molecule has 0 radical (unpaired) electrons. The van der Waals surface area contributed by atoms with E-state index in [1.807, 2.05) is 42.5 Å². The Morgan fingerprint density at radius 3 is 2.42 bits per heavy atom. The summed E-state index contributed by atoms with van der Waals surface area (Å²) in [5.41, 5.74) is 1.36. The Balaban J connectivity index is 1.76. The monoisotopic (exact) mass is 415 g/mol. The third-order valence-electron chi connectivity index (χ3n) is 4.00. The van der Waals surface area contributed by atoms with Crippen molar-refractivity contribution in [1.82, 2.24) is 9.36 Å². The largest absolute Gasteiger partial charge is 0.484 e. The van der Waals surface area contributed by atoms with Crippen molar-refractivity contribution in [3.63, 3.8) is 0 Å². The molecule has 0 aliphatic heterocycles. The second kappa shape index (κ2) is 7.61. The van der Waals surface area contributed by atoms with Gasteiger partial charge in [0.2, 0.25) is 0 Å². The summed E-state index contributed by atoms with van der Waals surface area (Å²) in [5.74, 6) is 0.189. The van der Waals surface area contributed by atoms with Gasteiger partial charge >= 0.3 is 0 Å². The van der Waals surface area contributed by atoms with Crippen LogP contribution in [-0.2, 0) is 11.8 Å². The summed E-state index contributed by atoms with van der Waals surface area (Å²) < 4.78 is 9.60. The van der Waals surface area contributed by atoms with Gasteiger partial charge in [-0.2, -0.15) is 0 Å². The van der Waals surface area contributed by atoms with Crippen molar-refractivity contribution in [3.8, 4) is 11.4 Å². The van der Waals surface area contributed by atoms with Gasteiger partial charge < -0.3 is 10.1 Å². The summed E-state index contributed by atoms with van der Waals surface area (Å²) in [7, 11) is 1.78. The third kappa shape index (κ3) is 3.72. The molecule has 134 valence electrons. The maximum atomic E-state index is 12.7. The fourth-order valence-electron chi connectivity index (χ4n) is 2.57. The summed E-state index contributed by atoms with van der Waals surface area (Å²) in [4.78, 5) is 25.0. The van der Waals surface area contributed by atoms with E-state index in [-0.39, 0.29) is 23.8 Å². The number of nitrogens with one attached hydrogen (secondary N) is 1. The summed E-state index contributed by atoms with van der Waals surface area (Å²) in [6.45, 7) is 1.60. The minimum atomic E-state index is -0.390. The highest BCUT2D eigenvalue weighted by Crippen LogP contribution is 2.17. The van der Waals surface area contributed by atoms with Gasteiger partial charge in [0.05, 0.1) is 11.4 Å². The van der Waals surface area contributed by atoms with Crippen molar-refractivity contribution in [2.24, 2.45) is 7.05 Å². The highest BCUT2D eigenvalue weighted by molar-refractivity contribution is 9.10. The minimum Gasteiger partial charge on any atom is -0.484 e. The highest BCUT2D eigenvalue weighted by Gasteiger charge is 2.18. The summed E-state index contributed by atoms with van der Waals surface area (Å²) in [5, 5.41) is 2.66. The van der Waals surface area contributed by atoms with Crippen LogP contribution in [0.1, 0.15) is 5.69 Å². The van der Waals surface area contributed by atoms with Gasteiger partial charge in [-0.1, -0.05) is 34.1 Å². The first-order chi connectivity index (χ1) is 12.5. The van der Waals surface area contributed by atoms with E-state index in [1.54, 1.807) is 30.8 Å². The van der Waals surface area contributed by atoms with Crippen molar-refractivity contribution >= 4 is 27.5 Å². The molecule has 0 aliphatic carbocycles. The molecule has 1 amide bonds. The Bertz CT molecular complexity index is 976. The van der Waals surface area contributed by atoms with Gasteiger partial charge in [-0.3, -0.25) is 14.3 Å². The number of carbonyl (C=O) groups excluding carboxylic acids is 1. The molecule has 1 N–H and O–H groups in total. The quantitative estimate of drug-likeness (QED) is 0.695. The molecule has 0 unspecified atom stereocenters. The number of benzene rings is 2. The van der Waals surface area contributed by atoms with E-state index in [9.17, 15) is 9.59 Å². The molecule has 0 saturated heterocycles. The molecule has 2 aromatic carbocycles. The number of nitrogens with zero attached hydrogens (tertiary/aromatic N) is 2. The Labute approximate surface area is 159 Å². The first-order valence-electron chi connectivity index (χ1n) is 7.99. The first kappa shape index (κ1) is 18.0. The van der Waals surface area contributed by atoms with Gasteiger partial charge in [0.15, 0.2) is 6.61 Å². The van der Waals surface area contributed by atoms with Crippen molar-refractivity contribution in [3.05, 3.63) is 75.1 Å². The second-order valence-electron chi connectivity index (χ2n) is 5.73. The number of anilines is 1. The Hall–Kier alpha value is -2.80. The molecule has 7 heteroatoms. The Morgan fingerprint density at radius 2 is 1.77 bits per heavy atom. The lowest BCUT2D eigenvalue weighted by atomic mass is 10.3. The van der Waals surface area contributed by atoms with Crippen LogP contribution in [0.2, 0.25) is 0 Å².